The van der Waals surface area contributed by atoms with Gasteiger partial charge in [0.25, 0.3) is 5.69 Å². The molecular weight excluding hydrogens is 621 g/mol. The molecule has 0 unspecified atom stereocenters. The van der Waals surface area contributed by atoms with Crippen LogP contribution in [-0.2, 0) is 34.0 Å². The van der Waals surface area contributed by atoms with Crippen LogP contribution in [0, 0.1) is 16.0 Å². The number of benzene rings is 3. The molecule has 0 aliphatic heterocycles. The second-order valence-electron chi connectivity index (χ2n) is 10.7. The lowest BCUT2D eigenvalue weighted by Crippen LogP contribution is -2.44. The number of aromatic amines is 1. The molecule has 0 radical (unpaired) electrons. The molecule has 1 amide bonds. The number of nitro benzene ring substituents is 1. The standard InChI is InChI=1S/C30H30ClF3N4O5S/c1-20(2)17-37(44(42,43)24-11-12-26(31)28(15-24)38(40)41)19-29(39)36(18-21-7-9-23(10-8-21)30(32,33)34)14-13-22-16-35-27-6-4-3-5-25(22)27/h3-12,15-16,20,35H,13-14,17-19H2,1-2H3. The van der Waals surface area contributed by atoms with Gasteiger partial charge in [-0.3, -0.25) is 14.9 Å². The van der Waals surface area contributed by atoms with Gasteiger partial charge >= 0.3 is 6.18 Å². The number of rotatable bonds is 12. The van der Waals surface area contributed by atoms with Gasteiger partial charge in [-0.15, -0.1) is 0 Å². The number of sulfonamides is 1. The summed E-state index contributed by atoms with van der Waals surface area (Å²) in [5, 5.41) is 12.1. The first-order chi connectivity index (χ1) is 20.7. The van der Waals surface area contributed by atoms with E-state index in [0.717, 1.165) is 51.1 Å². The number of para-hydroxylation sites is 1. The molecule has 0 saturated heterocycles. The third-order valence-electron chi connectivity index (χ3n) is 6.97. The van der Waals surface area contributed by atoms with E-state index in [0.29, 0.717) is 12.0 Å². The van der Waals surface area contributed by atoms with Gasteiger partial charge < -0.3 is 9.88 Å². The van der Waals surface area contributed by atoms with Crippen LogP contribution in [0.3, 0.4) is 0 Å². The minimum absolute atomic E-state index is 0.0681. The molecule has 0 spiro atoms. The molecule has 0 saturated carbocycles. The van der Waals surface area contributed by atoms with Gasteiger partial charge in [0, 0.05) is 42.8 Å². The molecular formula is C30H30ClF3N4O5S. The van der Waals surface area contributed by atoms with E-state index in [-0.39, 0.29) is 30.6 Å². The van der Waals surface area contributed by atoms with Crippen molar-refractivity contribution in [1.29, 1.82) is 0 Å². The smallest absolute Gasteiger partial charge is 0.361 e. The zero-order valence-corrected chi connectivity index (χ0v) is 25.4. The third-order valence-corrected chi connectivity index (χ3v) is 9.09. The normalized spacial score (nSPS) is 12.3. The lowest BCUT2D eigenvalue weighted by Gasteiger charge is -2.28. The van der Waals surface area contributed by atoms with Crippen molar-refractivity contribution in [2.45, 2.75) is 37.9 Å². The number of fused-ring (bicyclic) bond motifs is 1. The van der Waals surface area contributed by atoms with Crippen LogP contribution < -0.4 is 0 Å². The highest BCUT2D eigenvalue weighted by atomic mass is 35.5. The number of nitrogens with one attached hydrogen (secondary N) is 1. The summed E-state index contributed by atoms with van der Waals surface area (Å²) in [7, 11) is -4.39. The highest BCUT2D eigenvalue weighted by Crippen LogP contribution is 2.30. The lowest BCUT2D eigenvalue weighted by molar-refractivity contribution is -0.384. The molecule has 4 rings (SSSR count). The Hall–Kier alpha value is -3.94. The topological polar surface area (TPSA) is 117 Å². The number of nitrogens with zero attached hydrogens (tertiary/aromatic N) is 3. The lowest BCUT2D eigenvalue weighted by atomic mass is 10.1. The minimum Gasteiger partial charge on any atom is -0.361 e. The summed E-state index contributed by atoms with van der Waals surface area (Å²) in [6.45, 7) is 2.93. The van der Waals surface area contributed by atoms with E-state index < -0.39 is 49.7 Å². The average Bonchev–Trinajstić information content (AvgIpc) is 3.37. The van der Waals surface area contributed by atoms with Gasteiger partial charge in [-0.05, 0) is 53.8 Å². The SMILES string of the molecule is CC(C)CN(CC(=O)N(CCc1c[nH]c2ccccc12)Cc1ccc(C(F)(F)F)cc1)S(=O)(=O)c1ccc(Cl)c([N+](=O)[O-])c1. The van der Waals surface area contributed by atoms with Gasteiger partial charge in [-0.25, -0.2) is 8.42 Å². The van der Waals surface area contributed by atoms with Gasteiger partial charge in [0.2, 0.25) is 15.9 Å². The maximum absolute atomic E-state index is 13.8. The number of alkyl halides is 3. The largest absolute Gasteiger partial charge is 0.416 e. The molecule has 44 heavy (non-hydrogen) atoms. The van der Waals surface area contributed by atoms with Crippen LogP contribution in [0.15, 0.2) is 77.8 Å². The van der Waals surface area contributed by atoms with Crippen LogP contribution in [0.25, 0.3) is 10.9 Å². The van der Waals surface area contributed by atoms with Crippen molar-refractivity contribution >= 4 is 44.1 Å². The number of aromatic nitrogens is 1. The van der Waals surface area contributed by atoms with Gasteiger partial charge in [0.1, 0.15) is 5.02 Å². The summed E-state index contributed by atoms with van der Waals surface area (Å²) in [5.41, 5.74) is 0.813. The fourth-order valence-electron chi connectivity index (χ4n) is 4.75. The van der Waals surface area contributed by atoms with Crippen molar-refractivity contribution in [1.82, 2.24) is 14.2 Å². The number of carbonyl (C=O) groups excluding carboxylic acids is 1. The predicted octanol–water partition coefficient (Wildman–Crippen LogP) is 6.67. The number of hydrogen-bond donors (Lipinski definition) is 1. The highest BCUT2D eigenvalue weighted by Gasteiger charge is 2.32. The van der Waals surface area contributed by atoms with E-state index >= 15 is 0 Å². The van der Waals surface area contributed by atoms with Crippen molar-refractivity contribution in [3.05, 3.63) is 105 Å². The second-order valence-corrected chi connectivity index (χ2v) is 13.0. The van der Waals surface area contributed by atoms with Crippen molar-refractivity contribution in [2.24, 2.45) is 5.92 Å². The molecule has 1 N–H and O–H groups in total. The summed E-state index contributed by atoms with van der Waals surface area (Å²) in [4.78, 5) is 28.6. The molecule has 234 valence electrons. The molecule has 9 nitrogen and oxygen atoms in total. The van der Waals surface area contributed by atoms with E-state index in [4.69, 9.17) is 11.6 Å². The van der Waals surface area contributed by atoms with E-state index in [9.17, 15) is 36.5 Å². The third kappa shape index (κ3) is 7.76. The first-order valence-electron chi connectivity index (χ1n) is 13.6. The summed E-state index contributed by atoms with van der Waals surface area (Å²) in [6.07, 6.45) is -2.32. The van der Waals surface area contributed by atoms with Crippen molar-refractivity contribution in [3.63, 3.8) is 0 Å². The summed E-state index contributed by atoms with van der Waals surface area (Å²) in [5.74, 6) is -0.799. The molecule has 1 heterocycles. The molecule has 4 aromatic rings. The molecule has 0 fully saturated rings. The van der Waals surface area contributed by atoms with Gasteiger partial charge in [-0.1, -0.05) is 55.8 Å². The Morgan fingerprint density at radius 1 is 1.07 bits per heavy atom. The van der Waals surface area contributed by atoms with Crippen molar-refractivity contribution in [3.8, 4) is 0 Å². The number of H-pyrrole nitrogens is 1. The zero-order chi connectivity index (χ0) is 32.2. The summed E-state index contributed by atoms with van der Waals surface area (Å²) >= 11 is 5.88. The van der Waals surface area contributed by atoms with E-state index in [2.05, 4.69) is 4.98 Å². The van der Waals surface area contributed by atoms with Crippen molar-refractivity contribution < 1.29 is 31.3 Å². The number of carbonyl (C=O) groups is 1. The highest BCUT2D eigenvalue weighted by molar-refractivity contribution is 7.89. The van der Waals surface area contributed by atoms with Gasteiger partial charge in [-0.2, -0.15) is 17.5 Å². The molecule has 1 aromatic heterocycles. The minimum atomic E-state index is -4.52. The monoisotopic (exact) mass is 650 g/mol. The van der Waals surface area contributed by atoms with Crippen LogP contribution in [0.4, 0.5) is 18.9 Å². The van der Waals surface area contributed by atoms with Crippen LogP contribution in [0.1, 0.15) is 30.5 Å². The Morgan fingerprint density at radius 2 is 1.75 bits per heavy atom. The number of nitro groups is 1. The molecule has 0 aliphatic carbocycles. The predicted molar refractivity (Wildman–Crippen MR) is 161 cm³/mol. The molecule has 0 bridgehead atoms. The van der Waals surface area contributed by atoms with E-state index in [1.165, 1.54) is 17.0 Å². The maximum atomic E-state index is 13.8. The Bertz CT molecular complexity index is 1760. The summed E-state index contributed by atoms with van der Waals surface area (Å²) in [6, 6.07) is 15.1. The molecule has 3 aromatic carbocycles. The van der Waals surface area contributed by atoms with Gasteiger partial charge in [0.15, 0.2) is 0 Å². The van der Waals surface area contributed by atoms with Gasteiger partial charge in [0.05, 0.1) is 21.9 Å². The number of hydrogen-bond acceptors (Lipinski definition) is 5. The fraction of sp³-hybridized carbons (Fsp3) is 0.300. The Balaban J connectivity index is 1.64. The first-order valence-corrected chi connectivity index (χ1v) is 15.4. The summed E-state index contributed by atoms with van der Waals surface area (Å²) < 4.78 is 67.7. The molecule has 14 heteroatoms. The quantitative estimate of drug-likeness (QED) is 0.136. The Morgan fingerprint density at radius 3 is 2.39 bits per heavy atom. The zero-order valence-electron chi connectivity index (χ0n) is 23.8. The number of amides is 1. The van der Waals surface area contributed by atoms with Crippen LogP contribution in [0.5, 0.6) is 0 Å². The van der Waals surface area contributed by atoms with Crippen LogP contribution >= 0.6 is 11.6 Å². The second kappa shape index (κ2) is 13.4. The average molecular weight is 651 g/mol. The van der Waals surface area contributed by atoms with E-state index in [1.54, 1.807) is 13.8 Å². The maximum Gasteiger partial charge on any atom is 0.416 e. The fourth-order valence-corrected chi connectivity index (χ4v) is 6.51. The van der Waals surface area contributed by atoms with E-state index in [1.807, 2.05) is 30.5 Å². The Kier molecular flexibility index (Phi) is 10.0. The van der Waals surface area contributed by atoms with Crippen LogP contribution in [-0.4, -0.2) is 53.1 Å². The van der Waals surface area contributed by atoms with Crippen LogP contribution in [0.2, 0.25) is 5.02 Å². The molecule has 0 atom stereocenters. The molecule has 0 aliphatic rings. The Labute approximate surface area is 257 Å². The number of halogens is 4. The van der Waals surface area contributed by atoms with Crippen molar-refractivity contribution in [2.75, 3.05) is 19.6 Å². The first kappa shape index (κ1) is 33.0.